The zero-order chi connectivity index (χ0) is 16.4. The molecule has 3 rings (SSSR count). The van der Waals surface area contributed by atoms with Gasteiger partial charge in [0.15, 0.2) is 11.5 Å². The SMILES string of the molecule is CC(=O)C1=C(O)C(=O)N(Cc2ccccc2)C1C1CCCCC1. The number of Topliss-reactive ketones (excluding diaryl/α,β-unsaturated/α-hetero) is 1. The first-order valence-corrected chi connectivity index (χ1v) is 8.38. The van der Waals surface area contributed by atoms with Crippen molar-refractivity contribution >= 4 is 11.7 Å². The lowest BCUT2D eigenvalue weighted by Crippen LogP contribution is -2.41. The minimum atomic E-state index is -0.408. The molecule has 1 unspecified atom stereocenters. The van der Waals surface area contributed by atoms with Crippen molar-refractivity contribution in [2.45, 2.75) is 51.6 Å². The average molecular weight is 313 g/mol. The summed E-state index contributed by atoms with van der Waals surface area (Å²) >= 11 is 0. The lowest BCUT2D eigenvalue weighted by atomic mass is 9.80. The van der Waals surface area contributed by atoms with Crippen LogP contribution in [0.5, 0.6) is 0 Å². The Labute approximate surface area is 136 Å². The number of ketones is 1. The van der Waals surface area contributed by atoms with Crippen LogP contribution in [0.15, 0.2) is 41.7 Å². The van der Waals surface area contributed by atoms with Crippen LogP contribution in [0.2, 0.25) is 0 Å². The van der Waals surface area contributed by atoms with E-state index in [9.17, 15) is 14.7 Å². The van der Waals surface area contributed by atoms with Crippen molar-refractivity contribution in [2.24, 2.45) is 5.92 Å². The van der Waals surface area contributed by atoms with Gasteiger partial charge in [-0.25, -0.2) is 0 Å². The summed E-state index contributed by atoms with van der Waals surface area (Å²) < 4.78 is 0. The van der Waals surface area contributed by atoms with Crippen molar-refractivity contribution in [3.63, 3.8) is 0 Å². The zero-order valence-corrected chi connectivity index (χ0v) is 13.5. The fourth-order valence-electron chi connectivity index (χ4n) is 3.94. The van der Waals surface area contributed by atoms with E-state index >= 15 is 0 Å². The molecule has 1 aliphatic heterocycles. The van der Waals surface area contributed by atoms with Crippen LogP contribution >= 0.6 is 0 Å². The predicted molar refractivity (Wildman–Crippen MR) is 87.7 cm³/mol. The van der Waals surface area contributed by atoms with E-state index in [2.05, 4.69) is 0 Å². The smallest absolute Gasteiger partial charge is 0.290 e. The molecule has 0 spiro atoms. The maximum absolute atomic E-state index is 12.5. The van der Waals surface area contributed by atoms with Gasteiger partial charge in [-0.05, 0) is 31.2 Å². The lowest BCUT2D eigenvalue weighted by Gasteiger charge is -2.35. The van der Waals surface area contributed by atoms with E-state index < -0.39 is 5.91 Å². The summed E-state index contributed by atoms with van der Waals surface area (Å²) in [6.07, 6.45) is 5.47. The van der Waals surface area contributed by atoms with E-state index in [1.54, 1.807) is 4.90 Å². The molecular weight excluding hydrogens is 290 g/mol. The number of hydrogen-bond donors (Lipinski definition) is 1. The molecule has 1 aliphatic carbocycles. The highest BCUT2D eigenvalue weighted by Crippen LogP contribution is 2.38. The van der Waals surface area contributed by atoms with Gasteiger partial charge in [-0.2, -0.15) is 0 Å². The lowest BCUT2D eigenvalue weighted by molar-refractivity contribution is -0.130. The Morgan fingerprint density at radius 3 is 2.43 bits per heavy atom. The first-order valence-electron chi connectivity index (χ1n) is 8.38. The van der Waals surface area contributed by atoms with Crippen LogP contribution in [-0.4, -0.2) is 27.7 Å². The molecular formula is C19H23NO3. The highest BCUT2D eigenvalue weighted by Gasteiger charge is 2.45. The fourth-order valence-corrected chi connectivity index (χ4v) is 3.94. The van der Waals surface area contributed by atoms with Gasteiger partial charge in [0.1, 0.15) is 0 Å². The van der Waals surface area contributed by atoms with Crippen LogP contribution in [0, 0.1) is 5.92 Å². The number of benzene rings is 1. The Bertz CT molecular complexity index is 629. The number of aliphatic hydroxyl groups is 1. The van der Waals surface area contributed by atoms with Crippen molar-refractivity contribution in [2.75, 3.05) is 0 Å². The molecule has 0 radical (unpaired) electrons. The van der Waals surface area contributed by atoms with Crippen molar-refractivity contribution in [1.29, 1.82) is 0 Å². The maximum atomic E-state index is 12.5. The molecule has 2 aliphatic rings. The molecule has 1 N–H and O–H groups in total. The molecule has 1 atom stereocenters. The molecule has 0 aromatic heterocycles. The molecule has 122 valence electrons. The van der Waals surface area contributed by atoms with Gasteiger partial charge in [-0.15, -0.1) is 0 Å². The number of rotatable bonds is 4. The van der Waals surface area contributed by atoms with E-state index in [0.717, 1.165) is 31.2 Å². The number of amides is 1. The van der Waals surface area contributed by atoms with Crippen molar-refractivity contribution in [3.8, 4) is 0 Å². The second-order valence-corrected chi connectivity index (χ2v) is 6.58. The van der Waals surface area contributed by atoms with Gasteiger partial charge < -0.3 is 10.0 Å². The molecule has 23 heavy (non-hydrogen) atoms. The highest BCUT2D eigenvalue weighted by atomic mass is 16.3. The summed E-state index contributed by atoms with van der Waals surface area (Å²) in [6, 6.07) is 9.46. The molecule has 1 amide bonds. The van der Waals surface area contributed by atoms with Crippen LogP contribution in [-0.2, 0) is 16.1 Å². The summed E-state index contributed by atoms with van der Waals surface area (Å²) in [5.74, 6) is -0.680. The van der Waals surface area contributed by atoms with Crippen molar-refractivity contribution in [1.82, 2.24) is 4.90 Å². The molecule has 1 aromatic carbocycles. The van der Waals surface area contributed by atoms with Crippen LogP contribution in [0.4, 0.5) is 0 Å². The normalized spacial score (nSPS) is 22.7. The largest absolute Gasteiger partial charge is 0.503 e. The van der Waals surface area contributed by atoms with Crippen LogP contribution < -0.4 is 0 Å². The third kappa shape index (κ3) is 3.03. The van der Waals surface area contributed by atoms with Gasteiger partial charge in [0.2, 0.25) is 0 Å². The van der Waals surface area contributed by atoms with E-state index in [4.69, 9.17) is 0 Å². The molecule has 1 saturated carbocycles. The number of carbonyl (C=O) groups is 2. The van der Waals surface area contributed by atoms with Gasteiger partial charge >= 0.3 is 0 Å². The standard InChI is InChI=1S/C19H23NO3/c1-13(21)16-17(15-10-6-3-7-11-15)20(19(23)18(16)22)12-14-8-4-2-5-9-14/h2,4-5,8-9,15,17,22H,3,6-7,10-12H2,1H3. The highest BCUT2D eigenvalue weighted by molar-refractivity contribution is 6.07. The topological polar surface area (TPSA) is 57.6 Å². The molecule has 1 fully saturated rings. The Hall–Kier alpha value is -2.10. The molecule has 1 heterocycles. The van der Waals surface area contributed by atoms with Crippen LogP contribution in [0.3, 0.4) is 0 Å². The minimum absolute atomic E-state index is 0.193. The first-order chi connectivity index (χ1) is 11.1. The molecule has 4 heteroatoms. The Kier molecular flexibility index (Phi) is 4.51. The average Bonchev–Trinajstić information content (AvgIpc) is 2.82. The van der Waals surface area contributed by atoms with Gasteiger partial charge in [-0.1, -0.05) is 49.6 Å². The quantitative estimate of drug-likeness (QED) is 0.927. The second-order valence-electron chi connectivity index (χ2n) is 6.58. The minimum Gasteiger partial charge on any atom is -0.503 e. The molecule has 0 bridgehead atoms. The van der Waals surface area contributed by atoms with E-state index in [1.807, 2.05) is 30.3 Å². The fraction of sp³-hybridized carbons (Fsp3) is 0.474. The van der Waals surface area contributed by atoms with Gasteiger partial charge in [0.05, 0.1) is 11.6 Å². The number of nitrogens with zero attached hydrogens (tertiary/aromatic N) is 1. The third-order valence-electron chi connectivity index (χ3n) is 5.02. The maximum Gasteiger partial charge on any atom is 0.290 e. The molecule has 4 nitrogen and oxygen atoms in total. The number of aliphatic hydroxyl groups excluding tert-OH is 1. The Balaban J connectivity index is 1.93. The Morgan fingerprint density at radius 2 is 1.83 bits per heavy atom. The first kappa shape index (κ1) is 15.8. The van der Waals surface area contributed by atoms with Crippen LogP contribution in [0.1, 0.15) is 44.6 Å². The van der Waals surface area contributed by atoms with Gasteiger partial charge in [-0.3, -0.25) is 9.59 Å². The summed E-state index contributed by atoms with van der Waals surface area (Å²) in [7, 11) is 0. The monoisotopic (exact) mass is 313 g/mol. The summed E-state index contributed by atoms with van der Waals surface area (Å²) in [4.78, 5) is 26.3. The van der Waals surface area contributed by atoms with E-state index in [1.165, 1.54) is 13.3 Å². The Morgan fingerprint density at radius 1 is 1.17 bits per heavy atom. The van der Waals surface area contributed by atoms with Crippen molar-refractivity contribution in [3.05, 3.63) is 47.2 Å². The van der Waals surface area contributed by atoms with E-state index in [-0.39, 0.29) is 23.5 Å². The number of hydrogen-bond acceptors (Lipinski definition) is 3. The van der Waals surface area contributed by atoms with Crippen molar-refractivity contribution < 1.29 is 14.7 Å². The van der Waals surface area contributed by atoms with E-state index in [0.29, 0.717) is 12.1 Å². The summed E-state index contributed by atoms with van der Waals surface area (Å²) in [5, 5.41) is 10.2. The predicted octanol–water partition coefficient (Wildman–Crippen LogP) is 3.38. The second kappa shape index (κ2) is 6.57. The number of carbonyl (C=O) groups excluding carboxylic acids is 2. The summed E-state index contributed by atoms with van der Waals surface area (Å²) in [6.45, 7) is 1.88. The summed E-state index contributed by atoms with van der Waals surface area (Å²) in [5.41, 5.74) is 1.33. The third-order valence-corrected chi connectivity index (χ3v) is 5.02. The molecule has 1 aromatic rings. The zero-order valence-electron chi connectivity index (χ0n) is 13.5. The van der Waals surface area contributed by atoms with Gasteiger partial charge in [0.25, 0.3) is 5.91 Å². The molecule has 0 saturated heterocycles. The van der Waals surface area contributed by atoms with Gasteiger partial charge in [0, 0.05) is 6.54 Å². The van der Waals surface area contributed by atoms with Crippen LogP contribution in [0.25, 0.3) is 0 Å².